The minimum atomic E-state index is 0.208. The molecule has 0 atom stereocenters. The zero-order chi connectivity index (χ0) is 14.2. The van der Waals surface area contributed by atoms with Crippen molar-refractivity contribution < 1.29 is 4.79 Å². The lowest BCUT2D eigenvalue weighted by molar-refractivity contribution is 0.0893. The molecular weight excluding hydrogens is 234 g/mol. The topological polar surface area (TPSA) is 29.1 Å². The number of rotatable bonds is 2. The van der Waals surface area contributed by atoms with Crippen molar-refractivity contribution in [1.29, 1.82) is 0 Å². The normalized spacial score (nSPS) is 16.7. The molecule has 1 N–H and O–H groups in total. The molecule has 19 heavy (non-hydrogen) atoms. The Labute approximate surface area is 116 Å². The van der Waals surface area contributed by atoms with Crippen LogP contribution in [0, 0.1) is 40.5 Å². The van der Waals surface area contributed by atoms with Crippen LogP contribution in [-0.2, 0) is 0 Å². The van der Waals surface area contributed by atoms with Gasteiger partial charge in [-0.1, -0.05) is 0 Å². The van der Waals surface area contributed by atoms with Crippen molar-refractivity contribution in [3.8, 4) is 0 Å². The molecule has 0 bridgehead atoms. The Morgan fingerprint density at radius 1 is 0.842 bits per heavy atom. The molecule has 0 saturated carbocycles. The molecule has 2 nitrogen and oxygen atoms in total. The van der Waals surface area contributed by atoms with Gasteiger partial charge in [0.1, 0.15) is 0 Å². The van der Waals surface area contributed by atoms with Crippen LogP contribution in [0.5, 0.6) is 0 Å². The number of ketones is 1. The van der Waals surface area contributed by atoms with Gasteiger partial charge in [-0.2, -0.15) is 0 Å². The van der Waals surface area contributed by atoms with Gasteiger partial charge < -0.3 is 5.32 Å². The molecular formula is C17H25NO. The monoisotopic (exact) mass is 259 g/mol. The minimum Gasteiger partial charge on any atom is -0.317 e. The fourth-order valence-corrected chi connectivity index (χ4v) is 3.16. The van der Waals surface area contributed by atoms with Crippen LogP contribution < -0.4 is 5.32 Å². The van der Waals surface area contributed by atoms with E-state index in [0.717, 1.165) is 31.5 Å². The van der Waals surface area contributed by atoms with Crippen LogP contribution in [0.3, 0.4) is 0 Å². The second-order valence-corrected chi connectivity index (χ2v) is 5.89. The van der Waals surface area contributed by atoms with Gasteiger partial charge in [0.15, 0.2) is 5.78 Å². The minimum absolute atomic E-state index is 0.208. The van der Waals surface area contributed by atoms with E-state index < -0.39 is 0 Å². The average molecular weight is 259 g/mol. The number of hydrogen-bond donors (Lipinski definition) is 1. The zero-order valence-electron chi connectivity index (χ0n) is 12.8. The fraction of sp³-hybridized carbons (Fsp3) is 0.588. The number of piperidine rings is 1. The van der Waals surface area contributed by atoms with Crippen LogP contribution in [-0.4, -0.2) is 18.9 Å². The Balaban J connectivity index is 2.47. The van der Waals surface area contributed by atoms with Gasteiger partial charge in [-0.15, -0.1) is 0 Å². The molecule has 2 rings (SSSR count). The van der Waals surface area contributed by atoms with Gasteiger partial charge in [-0.3, -0.25) is 4.79 Å². The maximum Gasteiger partial charge on any atom is 0.166 e. The van der Waals surface area contributed by atoms with Crippen molar-refractivity contribution in [2.24, 2.45) is 5.92 Å². The van der Waals surface area contributed by atoms with E-state index in [1.807, 2.05) is 0 Å². The van der Waals surface area contributed by atoms with Crippen molar-refractivity contribution in [1.82, 2.24) is 5.32 Å². The third-order valence-corrected chi connectivity index (χ3v) is 4.96. The summed E-state index contributed by atoms with van der Waals surface area (Å²) >= 11 is 0. The van der Waals surface area contributed by atoms with Gasteiger partial charge in [0.05, 0.1) is 0 Å². The van der Waals surface area contributed by atoms with Gasteiger partial charge in [-0.05, 0) is 88.4 Å². The second-order valence-electron chi connectivity index (χ2n) is 5.89. The molecule has 2 heteroatoms. The van der Waals surface area contributed by atoms with Crippen LogP contribution >= 0.6 is 0 Å². The highest BCUT2D eigenvalue weighted by molar-refractivity contribution is 6.01. The maximum absolute atomic E-state index is 12.8. The summed E-state index contributed by atoms with van der Waals surface area (Å²) in [7, 11) is 0. The largest absolute Gasteiger partial charge is 0.317 e. The van der Waals surface area contributed by atoms with Gasteiger partial charge in [-0.25, -0.2) is 0 Å². The molecule has 1 aliphatic rings. The molecule has 104 valence electrons. The predicted molar refractivity (Wildman–Crippen MR) is 80.1 cm³/mol. The average Bonchev–Trinajstić information content (AvgIpc) is 2.44. The Bertz CT molecular complexity index is 481. The lowest BCUT2D eigenvalue weighted by atomic mass is 9.82. The van der Waals surface area contributed by atoms with E-state index in [1.54, 1.807) is 0 Å². The third-order valence-electron chi connectivity index (χ3n) is 4.96. The number of benzene rings is 1. The number of hydrogen-bond acceptors (Lipinski definition) is 2. The Morgan fingerprint density at radius 2 is 1.26 bits per heavy atom. The van der Waals surface area contributed by atoms with E-state index in [2.05, 4.69) is 39.9 Å². The zero-order valence-corrected chi connectivity index (χ0v) is 12.8. The first-order valence-electron chi connectivity index (χ1n) is 7.27. The van der Waals surface area contributed by atoms with Crippen LogP contribution in [0.2, 0.25) is 0 Å². The van der Waals surface area contributed by atoms with Crippen molar-refractivity contribution in [3.63, 3.8) is 0 Å². The molecule has 0 radical (unpaired) electrons. The molecule has 1 fully saturated rings. The third kappa shape index (κ3) is 2.46. The van der Waals surface area contributed by atoms with E-state index in [1.165, 1.54) is 27.8 Å². The summed E-state index contributed by atoms with van der Waals surface area (Å²) in [4.78, 5) is 12.8. The Kier molecular flexibility index (Phi) is 4.10. The van der Waals surface area contributed by atoms with Crippen molar-refractivity contribution >= 4 is 5.78 Å². The number of Topliss-reactive ketones (excluding diaryl/α,β-unsaturated/α-hetero) is 1. The first-order valence-corrected chi connectivity index (χ1v) is 7.27. The molecule has 1 saturated heterocycles. The number of carbonyl (C=O) groups is 1. The lowest BCUT2D eigenvalue weighted by Gasteiger charge is -2.25. The van der Waals surface area contributed by atoms with Crippen LogP contribution in [0.25, 0.3) is 0 Å². The van der Waals surface area contributed by atoms with Gasteiger partial charge in [0.2, 0.25) is 0 Å². The van der Waals surface area contributed by atoms with Crippen molar-refractivity contribution in [2.75, 3.05) is 13.1 Å². The Hall–Kier alpha value is -1.15. The highest BCUT2D eigenvalue weighted by atomic mass is 16.1. The Morgan fingerprint density at radius 3 is 1.74 bits per heavy atom. The van der Waals surface area contributed by atoms with Crippen LogP contribution in [0.1, 0.15) is 51.0 Å². The quantitative estimate of drug-likeness (QED) is 0.825. The van der Waals surface area contributed by atoms with E-state index in [9.17, 15) is 4.79 Å². The number of carbonyl (C=O) groups excluding carboxylic acids is 1. The van der Waals surface area contributed by atoms with Gasteiger partial charge in [0, 0.05) is 11.5 Å². The number of nitrogens with one attached hydrogen (secondary N) is 1. The summed E-state index contributed by atoms with van der Waals surface area (Å²) in [5.74, 6) is 0.572. The molecule has 1 aromatic rings. The maximum atomic E-state index is 12.8. The summed E-state index contributed by atoms with van der Waals surface area (Å²) in [6.07, 6.45) is 1.95. The second kappa shape index (κ2) is 5.46. The van der Waals surface area contributed by atoms with Crippen molar-refractivity contribution in [2.45, 2.75) is 47.5 Å². The summed E-state index contributed by atoms with van der Waals surface area (Å²) in [5, 5.41) is 3.33. The summed E-state index contributed by atoms with van der Waals surface area (Å²) in [5.41, 5.74) is 7.25. The summed E-state index contributed by atoms with van der Waals surface area (Å²) in [6, 6.07) is 0. The molecule has 0 unspecified atom stereocenters. The van der Waals surface area contributed by atoms with E-state index in [4.69, 9.17) is 0 Å². The molecule has 0 aromatic heterocycles. The molecule has 0 spiro atoms. The van der Waals surface area contributed by atoms with Crippen LogP contribution in [0.4, 0.5) is 0 Å². The first kappa shape index (κ1) is 14.3. The van der Waals surface area contributed by atoms with Crippen molar-refractivity contribution in [3.05, 3.63) is 33.4 Å². The highest BCUT2D eigenvalue weighted by Crippen LogP contribution is 2.29. The summed E-state index contributed by atoms with van der Waals surface area (Å²) < 4.78 is 0. The van der Waals surface area contributed by atoms with Gasteiger partial charge >= 0.3 is 0 Å². The molecule has 0 amide bonds. The smallest absolute Gasteiger partial charge is 0.166 e. The van der Waals surface area contributed by atoms with E-state index in [0.29, 0.717) is 5.78 Å². The summed E-state index contributed by atoms with van der Waals surface area (Å²) in [6.45, 7) is 12.6. The van der Waals surface area contributed by atoms with E-state index >= 15 is 0 Å². The fourth-order valence-electron chi connectivity index (χ4n) is 3.16. The standard InChI is InChI=1S/C17H25NO/c1-10-11(2)13(4)16(14(5)12(10)3)17(19)15-6-8-18-9-7-15/h15,18H,6-9H2,1-5H3. The SMILES string of the molecule is Cc1c(C)c(C)c(C(=O)C2CCNCC2)c(C)c1C. The first-order chi connectivity index (χ1) is 8.95. The van der Waals surface area contributed by atoms with Gasteiger partial charge in [0.25, 0.3) is 0 Å². The predicted octanol–water partition coefficient (Wildman–Crippen LogP) is 3.41. The molecule has 1 aliphatic heterocycles. The van der Waals surface area contributed by atoms with E-state index in [-0.39, 0.29) is 5.92 Å². The highest BCUT2D eigenvalue weighted by Gasteiger charge is 2.26. The van der Waals surface area contributed by atoms with Crippen LogP contribution in [0.15, 0.2) is 0 Å². The lowest BCUT2D eigenvalue weighted by Crippen LogP contribution is -2.32. The molecule has 1 aromatic carbocycles. The molecule has 1 heterocycles. The molecule has 0 aliphatic carbocycles.